The maximum Gasteiger partial charge on any atom is 0.00698 e. The zero-order valence-corrected chi connectivity index (χ0v) is 12.4. The van der Waals surface area contributed by atoms with Crippen LogP contribution in [0.15, 0.2) is 12.7 Å². The number of unbranched alkanes of at least 4 members (excludes halogenated alkanes) is 1. The zero-order valence-electron chi connectivity index (χ0n) is 12.4. The van der Waals surface area contributed by atoms with Gasteiger partial charge in [-0.3, -0.25) is 0 Å². The Bertz CT molecular complexity index is 192. The van der Waals surface area contributed by atoms with Crippen LogP contribution in [0.4, 0.5) is 0 Å². The van der Waals surface area contributed by atoms with Gasteiger partial charge in [-0.05, 0) is 44.6 Å². The van der Waals surface area contributed by atoms with Crippen LogP contribution in [-0.4, -0.2) is 12.6 Å². The molecular weight excluding hydrogens is 218 g/mol. The molecule has 0 radical (unpaired) electrons. The molecule has 1 saturated carbocycles. The van der Waals surface area contributed by atoms with Gasteiger partial charge >= 0.3 is 0 Å². The van der Waals surface area contributed by atoms with Crippen LogP contribution in [0.5, 0.6) is 0 Å². The van der Waals surface area contributed by atoms with Crippen molar-refractivity contribution >= 4 is 0 Å². The molecule has 0 aliphatic heterocycles. The molecule has 1 rings (SSSR count). The second-order valence-corrected chi connectivity index (χ2v) is 5.96. The molecule has 0 aromatic heterocycles. The highest BCUT2D eigenvalue weighted by Gasteiger charge is 2.17. The van der Waals surface area contributed by atoms with E-state index in [1.807, 2.05) is 0 Å². The van der Waals surface area contributed by atoms with Gasteiger partial charge in [0.1, 0.15) is 0 Å². The molecule has 1 aliphatic rings. The fraction of sp³-hybridized carbons (Fsp3) is 0.882. The molecule has 0 amide bonds. The van der Waals surface area contributed by atoms with Crippen molar-refractivity contribution in [2.24, 2.45) is 5.92 Å². The lowest BCUT2D eigenvalue weighted by Crippen LogP contribution is -2.31. The van der Waals surface area contributed by atoms with Crippen molar-refractivity contribution in [1.29, 1.82) is 0 Å². The highest BCUT2D eigenvalue weighted by molar-refractivity contribution is 4.76. The molecule has 106 valence electrons. The van der Waals surface area contributed by atoms with Gasteiger partial charge in [0.05, 0.1) is 0 Å². The summed E-state index contributed by atoms with van der Waals surface area (Å²) in [6, 6.07) is 0.757. The van der Waals surface area contributed by atoms with Gasteiger partial charge in [-0.15, -0.1) is 6.58 Å². The molecular formula is C17H33N. The predicted molar refractivity (Wildman–Crippen MR) is 81.9 cm³/mol. The monoisotopic (exact) mass is 251 g/mol. The summed E-state index contributed by atoms with van der Waals surface area (Å²) < 4.78 is 0. The Labute approximate surface area is 114 Å². The third kappa shape index (κ3) is 7.20. The first-order valence-electron chi connectivity index (χ1n) is 8.21. The van der Waals surface area contributed by atoms with Gasteiger partial charge in [-0.25, -0.2) is 0 Å². The van der Waals surface area contributed by atoms with Crippen molar-refractivity contribution in [2.75, 3.05) is 6.54 Å². The zero-order chi connectivity index (χ0) is 13.1. The van der Waals surface area contributed by atoms with Crippen molar-refractivity contribution in [3.05, 3.63) is 12.7 Å². The van der Waals surface area contributed by atoms with Crippen molar-refractivity contribution < 1.29 is 0 Å². The Morgan fingerprint density at radius 2 is 1.94 bits per heavy atom. The fourth-order valence-corrected chi connectivity index (χ4v) is 3.16. The SMILES string of the molecule is C=CCCCC(CC1CCCCCC1)NCCC. The molecule has 1 aliphatic carbocycles. The summed E-state index contributed by atoms with van der Waals surface area (Å²) in [4.78, 5) is 0. The Balaban J connectivity index is 2.29. The van der Waals surface area contributed by atoms with E-state index >= 15 is 0 Å². The van der Waals surface area contributed by atoms with E-state index in [4.69, 9.17) is 0 Å². The van der Waals surface area contributed by atoms with Gasteiger partial charge in [-0.1, -0.05) is 51.5 Å². The van der Waals surface area contributed by atoms with Crippen LogP contribution in [0, 0.1) is 5.92 Å². The number of hydrogen-bond donors (Lipinski definition) is 1. The van der Waals surface area contributed by atoms with Crippen molar-refractivity contribution in [3.63, 3.8) is 0 Å². The molecule has 1 atom stereocenters. The summed E-state index contributed by atoms with van der Waals surface area (Å²) in [5.41, 5.74) is 0. The summed E-state index contributed by atoms with van der Waals surface area (Å²) in [5.74, 6) is 0.991. The minimum atomic E-state index is 0.757. The second kappa shape index (κ2) is 10.6. The van der Waals surface area contributed by atoms with Crippen molar-refractivity contribution in [1.82, 2.24) is 5.32 Å². The van der Waals surface area contributed by atoms with E-state index in [1.165, 1.54) is 77.2 Å². The van der Waals surface area contributed by atoms with E-state index < -0.39 is 0 Å². The van der Waals surface area contributed by atoms with Crippen LogP contribution in [0.2, 0.25) is 0 Å². The van der Waals surface area contributed by atoms with Crippen LogP contribution >= 0.6 is 0 Å². The smallest absolute Gasteiger partial charge is 0.00698 e. The molecule has 0 aromatic carbocycles. The number of nitrogens with one attached hydrogen (secondary N) is 1. The van der Waals surface area contributed by atoms with Gasteiger partial charge in [-0.2, -0.15) is 0 Å². The van der Waals surface area contributed by atoms with Crippen LogP contribution in [0.25, 0.3) is 0 Å². The normalized spacial score (nSPS) is 19.4. The molecule has 0 saturated heterocycles. The molecule has 1 fully saturated rings. The number of allylic oxidation sites excluding steroid dienone is 1. The van der Waals surface area contributed by atoms with E-state index in [9.17, 15) is 0 Å². The van der Waals surface area contributed by atoms with E-state index in [2.05, 4.69) is 24.9 Å². The maximum absolute atomic E-state index is 3.83. The van der Waals surface area contributed by atoms with Crippen LogP contribution in [0.1, 0.15) is 77.6 Å². The maximum atomic E-state index is 3.83. The number of rotatable bonds is 9. The van der Waals surface area contributed by atoms with Gasteiger partial charge < -0.3 is 5.32 Å². The van der Waals surface area contributed by atoms with E-state index in [-0.39, 0.29) is 0 Å². The van der Waals surface area contributed by atoms with Crippen LogP contribution < -0.4 is 5.32 Å². The first-order chi connectivity index (χ1) is 8.86. The van der Waals surface area contributed by atoms with Gasteiger partial charge in [0, 0.05) is 6.04 Å². The first-order valence-corrected chi connectivity index (χ1v) is 8.21. The largest absolute Gasteiger partial charge is 0.314 e. The Kier molecular flexibility index (Phi) is 9.28. The summed E-state index contributed by atoms with van der Waals surface area (Å²) in [6.45, 7) is 7.28. The van der Waals surface area contributed by atoms with Gasteiger partial charge in [0.25, 0.3) is 0 Å². The summed E-state index contributed by atoms with van der Waals surface area (Å²) in [7, 11) is 0. The molecule has 0 aromatic rings. The predicted octanol–water partition coefficient (Wildman–Crippen LogP) is 5.07. The summed E-state index contributed by atoms with van der Waals surface area (Å²) in [5, 5.41) is 3.76. The van der Waals surface area contributed by atoms with Gasteiger partial charge in [0.15, 0.2) is 0 Å². The minimum absolute atomic E-state index is 0.757. The molecule has 1 N–H and O–H groups in total. The Hall–Kier alpha value is -0.300. The second-order valence-electron chi connectivity index (χ2n) is 5.96. The molecule has 1 nitrogen and oxygen atoms in total. The van der Waals surface area contributed by atoms with E-state index in [0.717, 1.165) is 12.0 Å². The summed E-state index contributed by atoms with van der Waals surface area (Å²) in [6.07, 6.45) is 17.4. The minimum Gasteiger partial charge on any atom is -0.314 e. The highest BCUT2D eigenvalue weighted by atomic mass is 14.9. The standard InChI is InChI=1S/C17H33N/c1-3-5-8-13-17(18-14-4-2)15-16-11-9-6-7-10-12-16/h3,16-18H,1,4-15H2,2H3. The van der Waals surface area contributed by atoms with E-state index in [0.29, 0.717) is 0 Å². The van der Waals surface area contributed by atoms with Crippen molar-refractivity contribution in [2.45, 2.75) is 83.6 Å². The lowest BCUT2D eigenvalue weighted by Gasteiger charge is -2.23. The first kappa shape index (κ1) is 15.8. The Morgan fingerprint density at radius 3 is 2.56 bits per heavy atom. The average molecular weight is 251 g/mol. The number of hydrogen-bond acceptors (Lipinski definition) is 1. The van der Waals surface area contributed by atoms with E-state index in [1.54, 1.807) is 0 Å². The molecule has 1 heteroatoms. The topological polar surface area (TPSA) is 12.0 Å². The molecule has 0 heterocycles. The third-order valence-electron chi connectivity index (χ3n) is 4.24. The quantitative estimate of drug-likeness (QED) is 0.343. The lowest BCUT2D eigenvalue weighted by atomic mass is 9.90. The van der Waals surface area contributed by atoms with Crippen molar-refractivity contribution in [3.8, 4) is 0 Å². The average Bonchev–Trinajstić information content (AvgIpc) is 2.64. The fourth-order valence-electron chi connectivity index (χ4n) is 3.16. The molecule has 18 heavy (non-hydrogen) atoms. The summed E-state index contributed by atoms with van der Waals surface area (Å²) >= 11 is 0. The molecule has 0 spiro atoms. The highest BCUT2D eigenvalue weighted by Crippen LogP contribution is 2.27. The van der Waals surface area contributed by atoms with Crippen LogP contribution in [-0.2, 0) is 0 Å². The third-order valence-corrected chi connectivity index (χ3v) is 4.24. The molecule has 0 bridgehead atoms. The van der Waals surface area contributed by atoms with Gasteiger partial charge in [0.2, 0.25) is 0 Å². The lowest BCUT2D eigenvalue weighted by molar-refractivity contribution is 0.335. The Morgan fingerprint density at radius 1 is 1.22 bits per heavy atom. The van der Waals surface area contributed by atoms with Crippen LogP contribution in [0.3, 0.4) is 0 Å². The molecule has 1 unspecified atom stereocenters.